The number of carbonyl (C=O) groups excluding carboxylic acids is 1. The first-order chi connectivity index (χ1) is 18.4. The predicted molar refractivity (Wildman–Crippen MR) is 134 cm³/mol. The van der Waals surface area contributed by atoms with Gasteiger partial charge in [0.25, 0.3) is 5.56 Å². The van der Waals surface area contributed by atoms with Crippen LogP contribution in [0.2, 0.25) is 0 Å². The molecular formula is C25H19F6N3O3S2. The highest BCUT2D eigenvalue weighted by atomic mass is 32.2. The second-order valence-corrected chi connectivity index (χ2v) is 10.9. The zero-order chi connectivity index (χ0) is 27.9. The number of furan rings is 1. The van der Waals surface area contributed by atoms with Gasteiger partial charge in [0.05, 0.1) is 35.1 Å². The van der Waals surface area contributed by atoms with Crippen LogP contribution in [0.1, 0.15) is 40.2 Å². The minimum atomic E-state index is -5.05. The monoisotopic (exact) mass is 587 g/mol. The van der Waals surface area contributed by atoms with Gasteiger partial charge >= 0.3 is 12.4 Å². The van der Waals surface area contributed by atoms with E-state index in [4.69, 9.17) is 4.42 Å². The molecule has 1 aromatic carbocycles. The van der Waals surface area contributed by atoms with E-state index in [1.807, 2.05) is 0 Å². The molecule has 206 valence electrons. The van der Waals surface area contributed by atoms with Crippen LogP contribution in [-0.2, 0) is 36.5 Å². The fraction of sp³-hybridized carbons (Fsp3) is 0.320. The van der Waals surface area contributed by atoms with Crippen LogP contribution in [-0.4, -0.2) is 21.2 Å². The van der Waals surface area contributed by atoms with Gasteiger partial charge in [-0.2, -0.15) is 26.3 Å². The molecule has 1 N–H and O–H groups in total. The molecule has 3 aromatic heterocycles. The molecule has 0 saturated heterocycles. The molecule has 4 aromatic rings. The maximum absolute atomic E-state index is 13.6. The molecule has 1 amide bonds. The first-order valence-electron chi connectivity index (χ1n) is 11.7. The number of hydrogen-bond acceptors (Lipinski definition) is 6. The van der Waals surface area contributed by atoms with Crippen molar-refractivity contribution in [2.24, 2.45) is 0 Å². The van der Waals surface area contributed by atoms with Crippen molar-refractivity contribution in [3.8, 4) is 0 Å². The molecule has 0 saturated carbocycles. The topological polar surface area (TPSA) is 77.1 Å². The zero-order valence-electron chi connectivity index (χ0n) is 19.9. The first-order valence-corrected chi connectivity index (χ1v) is 13.5. The summed E-state index contributed by atoms with van der Waals surface area (Å²) in [5.74, 6) is -0.812. The highest BCUT2D eigenvalue weighted by Crippen LogP contribution is 2.38. The van der Waals surface area contributed by atoms with Crippen LogP contribution in [0.3, 0.4) is 0 Å². The average Bonchev–Trinajstić information content (AvgIpc) is 3.51. The fourth-order valence-corrected chi connectivity index (χ4v) is 6.48. The van der Waals surface area contributed by atoms with Gasteiger partial charge in [0.1, 0.15) is 10.6 Å². The van der Waals surface area contributed by atoms with Gasteiger partial charge in [0.2, 0.25) is 5.91 Å². The van der Waals surface area contributed by atoms with Crippen molar-refractivity contribution in [1.82, 2.24) is 9.55 Å². The summed E-state index contributed by atoms with van der Waals surface area (Å²) in [4.78, 5) is 32.4. The third-order valence-electron chi connectivity index (χ3n) is 6.14. The summed E-state index contributed by atoms with van der Waals surface area (Å²) in [7, 11) is 0. The van der Waals surface area contributed by atoms with Crippen molar-refractivity contribution < 1.29 is 35.6 Å². The number of fused-ring (bicyclic) bond motifs is 3. The molecule has 0 bridgehead atoms. The number of thiophene rings is 1. The number of amides is 1. The molecule has 1 aliphatic rings. The number of aryl methyl sites for hydroxylation is 2. The van der Waals surface area contributed by atoms with Crippen LogP contribution in [0.5, 0.6) is 0 Å². The highest BCUT2D eigenvalue weighted by molar-refractivity contribution is 7.99. The largest absolute Gasteiger partial charge is 0.467 e. The summed E-state index contributed by atoms with van der Waals surface area (Å²) >= 11 is 2.27. The lowest BCUT2D eigenvalue weighted by molar-refractivity contribution is -0.143. The van der Waals surface area contributed by atoms with Gasteiger partial charge in [0.15, 0.2) is 5.16 Å². The molecule has 6 nitrogen and oxygen atoms in total. The lowest BCUT2D eigenvalue weighted by Gasteiger charge is -2.15. The van der Waals surface area contributed by atoms with Crippen molar-refractivity contribution >= 4 is 44.9 Å². The molecule has 0 radical (unpaired) electrons. The summed E-state index contributed by atoms with van der Waals surface area (Å²) < 4.78 is 85.7. The molecule has 39 heavy (non-hydrogen) atoms. The smallest absolute Gasteiger partial charge is 0.416 e. The van der Waals surface area contributed by atoms with Crippen molar-refractivity contribution in [3.63, 3.8) is 0 Å². The maximum Gasteiger partial charge on any atom is 0.416 e. The minimum absolute atomic E-state index is 0.0164. The van der Waals surface area contributed by atoms with E-state index in [1.165, 1.54) is 22.2 Å². The zero-order valence-corrected chi connectivity index (χ0v) is 21.5. The van der Waals surface area contributed by atoms with Gasteiger partial charge in [-0.15, -0.1) is 11.3 Å². The minimum Gasteiger partial charge on any atom is -0.467 e. The molecule has 0 fully saturated rings. The van der Waals surface area contributed by atoms with Crippen LogP contribution in [0.15, 0.2) is 51.0 Å². The van der Waals surface area contributed by atoms with E-state index in [2.05, 4.69) is 10.3 Å². The Hall–Kier alpha value is -3.26. The Morgan fingerprint density at radius 1 is 1.08 bits per heavy atom. The molecule has 3 heterocycles. The predicted octanol–water partition coefficient (Wildman–Crippen LogP) is 6.75. The molecule has 0 unspecified atom stereocenters. The quantitative estimate of drug-likeness (QED) is 0.154. The molecule has 14 heteroatoms. The summed E-state index contributed by atoms with van der Waals surface area (Å²) in [5, 5.41) is 2.81. The summed E-state index contributed by atoms with van der Waals surface area (Å²) in [6, 6.07) is 4.18. The number of hydrogen-bond donors (Lipinski definition) is 1. The van der Waals surface area contributed by atoms with E-state index in [9.17, 15) is 35.9 Å². The van der Waals surface area contributed by atoms with E-state index in [0.29, 0.717) is 28.1 Å². The lowest BCUT2D eigenvalue weighted by atomic mass is 9.97. The number of benzene rings is 1. The van der Waals surface area contributed by atoms with E-state index >= 15 is 0 Å². The van der Waals surface area contributed by atoms with Gasteiger partial charge in [-0.1, -0.05) is 11.8 Å². The number of halogens is 6. The number of alkyl halides is 6. The average molecular weight is 588 g/mol. The highest BCUT2D eigenvalue weighted by Gasteiger charge is 2.37. The normalized spacial score (nSPS) is 14.0. The number of anilines is 1. The van der Waals surface area contributed by atoms with E-state index in [-0.39, 0.29) is 23.3 Å². The van der Waals surface area contributed by atoms with Crippen molar-refractivity contribution in [2.75, 3.05) is 11.1 Å². The van der Waals surface area contributed by atoms with Crippen molar-refractivity contribution in [1.29, 1.82) is 0 Å². The van der Waals surface area contributed by atoms with Crippen molar-refractivity contribution in [2.45, 2.75) is 49.7 Å². The maximum atomic E-state index is 13.6. The number of aromatic nitrogens is 2. The third-order valence-corrected chi connectivity index (χ3v) is 8.30. The molecule has 0 spiro atoms. The van der Waals surface area contributed by atoms with Crippen molar-refractivity contribution in [3.05, 3.63) is 74.3 Å². The van der Waals surface area contributed by atoms with Gasteiger partial charge < -0.3 is 9.73 Å². The summed E-state index contributed by atoms with van der Waals surface area (Å²) in [6.07, 6.45) is -5.07. The van der Waals surface area contributed by atoms with Crippen LogP contribution >= 0.6 is 23.1 Å². The third kappa shape index (κ3) is 5.86. The Balaban J connectivity index is 1.43. The Bertz CT molecular complexity index is 1560. The van der Waals surface area contributed by atoms with Crippen LogP contribution in [0.25, 0.3) is 10.2 Å². The Morgan fingerprint density at radius 3 is 2.41 bits per heavy atom. The Kier molecular flexibility index (Phi) is 7.27. The number of nitrogens with one attached hydrogen (secondary N) is 1. The Labute approximate surface area is 225 Å². The van der Waals surface area contributed by atoms with Gasteiger partial charge in [-0.3, -0.25) is 14.2 Å². The number of thioether (sulfide) groups is 1. The van der Waals surface area contributed by atoms with E-state index < -0.39 is 40.8 Å². The Morgan fingerprint density at radius 2 is 1.77 bits per heavy atom. The van der Waals surface area contributed by atoms with Gasteiger partial charge in [-0.25, -0.2) is 4.98 Å². The SMILES string of the molecule is O=C(CSc1nc2sc3c(c2c(=O)n1Cc1ccco1)CCCC3)Nc1cc(C(F)(F)F)cc(C(F)(F)F)c1. The second-order valence-electron chi connectivity index (χ2n) is 8.89. The van der Waals surface area contributed by atoms with Gasteiger partial charge in [-0.05, 0) is 61.6 Å². The molecular weight excluding hydrogens is 568 g/mol. The first kappa shape index (κ1) is 27.3. The molecule has 1 aliphatic carbocycles. The molecule has 0 atom stereocenters. The van der Waals surface area contributed by atoms with E-state index in [1.54, 1.807) is 12.1 Å². The fourth-order valence-electron chi connectivity index (χ4n) is 4.38. The second kappa shape index (κ2) is 10.4. The summed E-state index contributed by atoms with van der Waals surface area (Å²) in [5.41, 5.74) is -3.05. The van der Waals surface area contributed by atoms with Crippen LogP contribution < -0.4 is 10.9 Å². The number of rotatable bonds is 6. The summed E-state index contributed by atoms with van der Waals surface area (Å²) in [6.45, 7) is 0.0336. The van der Waals surface area contributed by atoms with Gasteiger partial charge in [0, 0.05) is 10.6 Å². The molecule has 5 rings (SSSR count). The van der Waals surface area contributed by atoms with Crippen LogP contribution in [0, 0.1) is 0 Å². The number of carbonyl (C=O) groups is 1. The number of nitrogens with zero attached hydrogens (tertiary/aromatic N) is 2. The standard InChI is InChI=1S/C25H19F6N3O3S2/c26-24(27,28)13-8-14(25(29,30)31)10-15(9-13)32-19(35)12-38-23-33-21-20(17-5-1-2-6-18(17)39-21)22(36)34(23)11-16-4-3-7-37-16/h3-4,7-10H,1-2,5-6,11-12H2,(H,32,35). The molecule has 0 aliphatic heterocycles. The van der Waals surface area contributed by atoms with Crippen LogP contribution in [0.4, 0.5) is 32.0 Å². The lowest BCUT2D eigenvalue weighted by Crippen LogP contribution is -2.25. The van der Waals surface area contributed by atoms with E-state index in [0.717, 1.165) is 47.9 Å².